The Morgan fingerprint density at radius 3 is 3.17 bits per heavy atom. The number of nitrogens with zero attached hydrogens (tertiary/aromatic N) is 4. The predicted molar refractivity (Wildman–Crippen MR) is 67.1 cm³/mol. The molecular formula is C12H19N5O. The number of carbonyl (C=O) groups excluding carboxylic acids is 1. The average Bonchev–Trinajstić information content (AvgIpc) is 2.97. The van der Waals surface area contributed by atoms with Crippen LogP contribution in [0.4, 0.5) is 4.79 Å². The van der Waals surface area contributed by atoms with Gasteiger partial charge < -0.3 is 15.1 Å². The van der Waals surface area contributed by atoms with Crippen molar-refractivity contribution >= 4 is 6.03 Å². The van der Waals surface area contributed by atoms with Crippen molar-refractivity contribution in [2.75, 3.05) is 26.2 Å². The van der Waals surface area contributed by atoms with Gasteiger partial charge in [0.15, 0.2) is 0 Å². The second-order valence-electron chi connectivity index (χ2n) is 4.92. The summed E-state index contributed by atoms with van der Waals surface area (Å²) in [6.45, 7) is 7.07. The first-order valence-corrected chi connectivity index (χ1v) is 6.55. The molecule has 1 aromatic heterocycles. The van der Waals surface area contributed by atoms with Gasteiger partial charge in [0.25, 0.3) is 0 Å². The molecule has 2 amide bonds. The molecule has 2 aliphatic heterocycles. The van der Waals surface area contributed by atoms with E-state index in [-0.39, 0.29) is 6.03 Å². The Balaban J connectivity index is 1.68. The van der Waals surface area contributed by atoms with E-state index in [9.17, 15) is 4.79 Å². The van der Waals surface area contributed by atoms with Gasteiger partial charge in [0.05, 0.1) is 18.8 Å². The van der Waals surface area contributed by atoms with Crippen molar-refractivity contribution in [3.05, 3.63) is 18.0 Å². The van der Waals surface area contributed by atoms with Crippen LogP contribution in [0.3, 0.4) is 0 Å². The monoisotopic (exact) mass is 249 g/mol. The Bertz CT molecular complexity index is 443. The Morgan fingerprint density at radius 2 is 2.44 bits per heavy atom. The summed E-state index contributed by atoms with van der Waals surface area (Å²) in [5.41, 5.74) is 1.11. The van der Waals surface area contributed by atoms with Gasteiger partial charge in [-0.2, -0.15) is 5.10 Å². The fourth-order valence-corrected chi connectivity index (χ4v) is 2.70. The summed E-state index contributed by atoms with van der Waals surface area (Å²) >= 11 is 0. The number of rotatable bonds is 3. The van der Waals surface area contributed by atoms with Crippen molar-refractivity contribution in [3.63, 3.8) is 0 Å². The third-order valence-electron chi connectivity index (χ3n) is 3.68. The molecule has 3 rings (SSSR count). The molecule has 1 unspecified atom stereocenters. The van der Waals surface area contributed by atoms with Gasteiger partial charge in [-0.05, 0) is 6.92 Å². The number of aromatic nitrogens is 2. The average molecular weight is 249 g/mol. The van der Waals surface area contributed by atoms with Gasteiger partial charge in [0.1, 0.15) is 0 Å². The molecule has 1 atom stereocenters. The number of aryl methyl sites for hydroxylation is 1. The minimum Gasteiger partial charge on any atom is -0.318 e. The second-order valence-corrected chi connectivity index (χ2v) is 4.92. The van der Waals surface area contributed by atoms with E-state index >= 15 is 0 Å². The van der Waals surface area contributed by atoms with E-state index in [4.69, 9.17) is 0 Å². The first-order valence-electron chi connectivity index (χ1n) is 6.55. The second kappa shape index (κ2) is 4.61. The minimum atomic E-state index is 0.172. The van der Waals surface area contributed by atoms with Crippen LogP contribution in [0.1, 0.15) is 12.5 Å². The fourth-order valence-electron chi connectivity index (χ4n) is 2.70. The van der Waals surface area contributed by atoms with Gasteiger partial charge in [-0.1, -0.05) is 0 Å². The van der Waals surface area contributed by atoms with E-state index in [1.165, 1.54) is 0 Å². The summed E-state index contributed by atoms with van der Waals surface area (Å²) in [6.07, 6.45) is 3.87. The third-order valence-corrected chi connectivity index (χ3v) is 3.68. The van der Waals surface area contributed by atoms with E-state index in [1.807, 2.05) is 26.9 Å². The van der Waals surface area contributed by atoms with Gasteiger partial charge in [0.2, 0.25) is 0 Å². The van der Waals surface area contributed by atoms with Gasteiger partial charge >= 0.3 is 6.03 Å². The molecular weight excluding hydrogens is 230 g/mol. The third kappa shape index (κ3) is 1.96. The zero-order chi connectivity index (χ0) is 12.5. The molecule has 0 bridgehead atoms. The maximum Gasteiger partial charge on any atom is 0.320 e. The largest absolute Gasteiger partial charge is 0.320 e. The highest BCUT2D eigenvalue weighted by Gasteiger charge is 2.38. The number of piperazine rings is 1. The number of hydrogen-bond acceptors (Lipinski definition) is 3. The zero-order valence-electron chi connectivity index (χ0n) is 10.7. The van der Waals surface area contributed by atoms with E-state index in [0.29, 0.717) is 12.6 Å². The maximum atomic E-state index is 12.2. The van der Waals surface area contributed by atoms with Gasteiger partial charge in [-0.15, -0.1) is 0 Å². The SMILES string of the molecule is CCn1cc(CN2CC3CNCCN3C2=O)cn1. The normalized spacial score (nSPS) is 23.6. The lowest BCUT2D eigenvalue weighted by molar-refractivity contribution is 0.178. The lowest BCUT2D eigenvalue weighted by Gasteiger charge is -2.28. The molecule has 6 nitrogen and oxygen atoms in total. The Hall–Kier alpha value is -1.56. The van der Waals surface area contributed by atoms with Crippen molar-refractivity contribution < 1.29 is 4.79 Å². The number of amides is 2. The van der Waals surface area contributed by atoms with Crippen LogP contribution in [0.5, 0.6) is 0 Å². The molecule has 2 saturated heterocycles. The number of nitrogens with one attached hydrogen (secondary N) is 1. The van der Waals surface area contributed by atoms with Crippen LogP contribution >= 0.6 is 0 Å². The number of urea groups is 1. The lowest BCUT2D eigenvalue weighted by atomic mass is 10.2. The molecule has 1 aromatic rings. The quantitative estimate of drug-likeness (QED) is 0.827. The van der Waals surface area contributed by atoms with E-state index < -0.39 is 0 Å². The predicted octanol–water partition coefficient (Wildman–Crippen LogP) is 0.112. The molecule has 18 heavy (non-hydrogen) atoms. The molecule has 2 fully saturated rings. The van der Waals surface area contributed by atoms with Crippen LogP contribution in [0, 0.1) is 0 Å². The van der Waals surface area contributed by atoms with Crippen molar-refractivity contribution in [1.82, 2.24) is 24.9 Å². The first kappa shape index (κ1) is 11.5. The molecule has 1 N–H and O–H groups in total. The van der Waals surface area contributed by atoms with Crippen LogP contribution in [-0.2, 0) is 13.1 Å². The molecule has 0 radical (unpaired) electrons. The summed E-state index contributed by atoms with van der Waals surface area (Å²) in [5.74, 6) is 0. The smallest absolute Gasteiger partial charge is 0.318 e. The topological polar surface area (TPSA) is 53.4 Å². The van der Waals surface area contributed by atoms with Crippen molar-refractivity contribution in [3.8, 4) is 0 Å². The maximum absolute atomic E-state index is 12.2. The molecule has 0 aromatic carbocycles. The molecule has 98 valence electrons. The summed E-state index contributed by atoms with van der Waals surface area (Å²) in [4.78, 5) is 16.1. The Morgan fingerprint density at radius 1 is 1.56 bits per heavy atom. The summed E-state index contributed by atoms with van der Waals surface area (Å²) in [5, 5.41) is 7.58. The van der Waals surface area contributed by atoms with Gasteiger partial charge in [0, 0.05) is 44.5 Å². The van der Waals surface area contributed by atoms with Crippen LogP contribution in [0.25, 0.3) is 0 Å². The fraction of sp³-hybridized carbons (Fsp3) is 0.667. The highest BCUT2D eigenvalue weighted by Crippen LogP contribution is 2.19. The number of fused-ring (bicyclic) bond motifs is 1. The van der Waals surface area contributed by atoms with Crippen molar-refractivity contribution in [1.29, 1.82) is 0 Å². The van der Waals surface area contributed by atoms with E-state index in [1.54, 1.807) is 0 Å². The first-order chi connectivity index (χ1) is 8.78. The van der Waals surface area contributed by atoms with E-state index in [2.05, 4.69) is 17.3 Å². The van der Waals surface area contributed by atoms with Crippen LogP contribution in [-0.4, -0.2) is 57.8 Å². The molecule has 0 saturated carbocycles. The number of carbonyl (C=O) groups is 1. The molecule has 0 spiro atoms. The van der Waals surface area contributed by atoms with Crippen LogP contribution in [0.2, 0.25) is 0 Å². The minimum absolute atomic E-state index is 0.172. The standard InChI is InChI=1S/C12H19N5O/c1-2-16-8-10(5-14-16)7-15-9-11-6-13-3-4-17(11)12(15)18/h5,8,11,13H,2-4,6-7,9H2,1H3. The number of hydrogen-bond donors (Lipinski definition) is 1. The van der Waals surface area contributed by atoms with E-state index in [0.717, 1.165) is 38.3 Å². The molecule has 0 aliphatic carbocycles. The highest BCUT2D eigenvalue weighted by atomic mass is 16.2. The van der Waals surface area contributed by atoms with Gasteiger partial charge in [-0.25, -0.2) is 4.79 Å². The molecule has 6 heteroatoms. The molecule has 2 aliphatic rings. The highest BCUT2D eigenvalue weighted by molar-refractivity contribution is 5.77. The zero-order valence-corrected chi connectivity index (χ0v) is 10.7. The van der Waals surface area contributed by atoms with Gasteiger partial charge in [-0.3, -0.25) is 4.68 Å². The summed E-state index contributed by atoms with van der Waals surface area (Å²) < 4.78 is 1.89. The molecule has 3 heterocycles. The summed E-state index contributed by atoms with van der Waals surface area (Å²) in [7, 11) is 0. The van der Waals surface area contributed by atoms with Crippen LogP contribution in [0.15, 0.2) is 12.4 Å². The van der Waals surface area contributed by atoms with Crippen molar-refractivity contribution in [2.45, 2.75) is 26.1 Å². The Kier molecular flexibility index (Phi) is 2.95. The Labute approximate surface area is 107 Å². The van der Waals surface area contributed by atoms with Crippen LogP contribution < -0.4 is 5.32 Å². The summed E-state index contributed by atoms with van der Waals surface area (Å²) in [6, 6.07) is 0.512. The van der Waals surface area contributed by atoms with Crippen molar-refractivity contribution in [2.24, 2.45) is 0 Å². The lowest BCUT2D eigenvalue weighted by Crippen LogP contribution is -2.49.